The lowest BCUT2D eigenvalue weighted by atomic mass is 10.1. The zero-order valence-corrected chi connectivity index (χ0v) is 17.5. The van der Waals surface area contributed by atoms with E-state index in [0.717, 1.165) is 5.56 Å². The Labute approximate surface area is 171 Å². The molecule has 0 bridgehead atoms. The Kier molecular flexibility index (Phi) is 7.59. The van der Waals surface area contributed by atoms with Crippen molar-refractivity contribution in [3.63, 3.8) is 0 Å². The molecule has 7 heteroatoms. The van der Waals surface area contributed by atoms with Crippen LogP contribution in [0.25, 0.3) is 0 Å². The van der Waals surface area contributed by atoms with Crippen LogP contribution in [0.4, 0.5) is 4.79 Å². The SMILES string of the molecule is CCOC(=O)C(c1ccncc1)N(Cc1ccc(OC)cc1)C(=O)OC(C)(C)C. The molecule has 7 nitrogen and oxygen atoms in total. The lowest BCUT2D eigenvalue weighted by Crippen LogP contribution is -2.42. The van der Waals surface area contributed by atoms with Crippen LogP contribution in [0.5, 0.6) is 5.75 Å². The van der Waals surface area contributed by atoms with E-state index in [0.29, 0.717) is 11.3 Å². The number of pyridine rings is 1. The van der Waals surface area contributed by atoms with Gasteiger partial charge in [0.05, 0.1) is 20.3 Å². The molecule has 0 aliphatic heterocycles. The monoisotopic (exact) mass is 400 g/mol. The van der Waals surface area contributed by atoms with E-state index < -0.39 is 23.7 Å². The number of benzene rings is 1. The summed E-state index contributed by atoms with van der Waals surface area (Å²) in [5, 5.41) is 0. The highest BCUT2D eigenvalue weighted by Crippen LogP contribution is 2.27. The summed E-state index contributed by atoms with van der Waals surface area (Å²) in [5.74, 6) is 0.173. The third-order valence-corrected chi connectivity index (χ3v) is 3.98. The Morgan fingerprint density at radius 2 is 1.69 bits per heavy atom. The molecule has 2 aromatic rings. The molecule has 0 fully saturated rings. The van der Waals surface area contributed by atoms with Crippen molar-refractivity contribution in [3.05, 3.63) is 59.9 Å². The minimum absolute atomic E-state index is 0.157. The van der Waals surface area contributed by atoms with Crippen molar-refractivity contribution >= 4 is 12.1 Å². The quantitative estimate of drug-likeness (QED) is 0.650. The first kappa shape index (κ1) is 22.2. The number of aromatic nitrogens is 1. The fourth-order valence-corrected chi connectivity index (χ4v) is 2.72. The maximum absolute atomic E-state index is 13.1. The molecule has 1 unspecified atom stereocenters. The second-order valence-corrected chi connectivity index (χ2v) is 7.39. The molecule has 0 N–H and O–H groups in total. The molecule has 0 saturated carbocycles. The van der Waals surface area contributed by atoms with Gasteiger partial charge in [0.25, 0.3) is 0 Å². The van der Waals surface area contributed by atoms with Crippen molar-refractivity contribution in [3.8, 4) is 5.75 Å². The van der Waals surface area contributed by atoms with Crippen LogP contribution in [-0.2, 0) is 20.8 Å². The molecular formula is C22H28N2O5. The summed E-state index contributed by atoms with van der Waals surface area (Å²) >= 11 is 0. The summed E-state index contributed by atoms with van der Waals surface area (Å²) in [7, 11) is 1.59. The molecule has 1 atom stereocenters. The summed E-state index contributed by atoms with van der Waals surface area (Å²) < 4.78 is 16.0. The van der Waals surface area contributed by atoms with Crippen LogP contribution in [0, 0.1) is 0 Å². The highest BCUT2D eigenvalue weighted by molar-refractivity contribution is 5.83. The van der Waals surface area contributed by atoms with Crippen molar-refractivity contribution < 1.29 is 23.8 Å². The zero-order valence-electron chi connectivity index (χ0n) is 17.5. The smallest absolute Gasteiger partial charge is 0.411 e. The molecule has 0 spiro atoms. The molecule has 0 radical (unpaired) electrons. The average molecular weight is 400 g/mol. The Morgan fingerprint density at radius 3 is 2.21 bits per heavy atom. The summed E-state index contributed by atoms with van der Waals surface area (Å²) in [6, 6.07) is 9.69. The maximum atomic E-state index is 13.1. The van der Waals surface area contributed by atoms with Gasteiger partial charge in [-0.25, -0.2) is 9.59 Å². The number of carbonyl (C=O) groups excluding carboxylic acids is 2. The van der Waals surface area contributed by atoms with Crippen LogP contribution in [0.15, 0.2) is 48.8 Å². The van der Waals surface area contributed by atoms with E-state index in [1.54, 1.807) is 71.5 Å². The molecule has 156 valence electrons. The highest BCUT2D eigenvalue weighted by atomic mass is 16.6. The van der Waals surface area contributed by atoms with Gasteiger partial charge in [-0.15, -0.1) is 0 Å². The first-order valence-electron chi connectivity index (χ1n) is 9.44. The van der Waals surface area contributed by atoms with Crippen molar-refractivity contribution in [2.24, 2.45) is 0 Å². The van der Waals surface area contributed by atoms with Crippen LogP contribution >= 0.6 is 0 Å². The number of amides is 1. The lowest BCUT2D eigenvalue weighted by Gasteiger charge is -2.32. The molecule has 0 aliphatic rings. The van der Waals surface area contributed by atoms with Crippen molar-refractivity contribution in [1.29, 1.82) is 0 Å². The van der Waals surface area contributed by atoms with Gasteiger partial charge in [0.15, 0.2) is 6.04 Å². The molecule has 1 heterocycles. The predicted octanol–water partition coefficient (Wildman–Crippen LogP) is 4.13. The third kappa shape index (κ3) is 6.48. The van der Waals surface area contributed by atoms with Gasteiger partial charge in [0, 0.05) is 12.4 Å². The van der Waals surface area contributed by atoms with Gasteiger partial charge in [-0.05, 0) is 63.1 Å². The van der Waals surface area contributed by atoms with Gasteiger partial charge in [-0.3, -0.25) is 9.88 Å². The summed E-state index contributed by atoms with van der Waals surface area (Å²) in [6.07, 6.45) is 2.54. The van der Waals surface area contributed by atoms with E-state index in [1.165, 1.54) is 4.90 Å². The molecule has 1 amide bonds. The minimum atomic E-state index is -0.963. The van der Waals surface area contributed by atoms with E-state index in [-0.39, 0.29) is 13.2 Å². The van der Waals surface area contributed by atoms with Crippen LogP contribution in [-0.4, -0.2) is 41.3 Å². The van der Waals surface area contributed by atoms with Gasteiger partial charge >= 0.3 is 12.1 Å². The number of methoxy groups -OCH3 is 1. The van der Waals surface area contributed by atoms with Crippen LogP contribution < -0.4 is 4.74 Å². The van der Waals surface area contributed by atoms with Gasteiger partial charge in [-0.1, -0.05) is 12.1 Å². The molecule has 0 saturated heterocycles. The Hall–Kier alpha value is -3.09. The number of ether oxygens (including phenoxy) is 3. The van der Waals surface area contributed by atoms with Gasteiger partial charge in [0.1, 0.15) is 11.4 Å². The Bertz CT molecular complexity index is 800. The predicted molar refractivity (Wildman–Crippen MR) is 108 cm³/mol. The normalized spacial score (nSPS) is 12.0. The fourth-order valence-electron chi connectivity index (χ4n) is 2.72. The van der Waals surface area contributed by atoms with Crippen molar-refractivity contribution in [1.82, 2.24) is 9.88 Å². The lowest BCUT2D eigenvalue weighted by molar-refractivity contribution is -0.150. The maximum Gasteiger partial charge on any atom is 0.411 e. The fraction of sp³-hybridized carbons (Fsp3) is 0.409. The van der Waals surface area contributed by atoms with Crippen molar-refractivity contribution in [2.75, 3.05) is 13.7 Å². The molecule has 0 aliphatic carbocycles. The second-order valence-electron chi connectivity index (χ2n) is 7.39. The first-order valence-corrected chi connectivity index (χ1v) is 9.44. The zero-order chi connectivity index (χ0) is 21.4. The number of nitrogens with zero attached hydrogens (tertiary/aromatic N) is 2. The van der Waals surface area contributed by atoms with Gasteiger partial charge < -0.3 is 14.2 Å². The van der Waals surface area contributed by atoms with E-state index >= 15 is 0 Å². The van der Waals surface area contributed by atoms with Gasteiger partial charge in [-0.2, -0.15) is 0 Å². The molecule has 1 aromatic heterocycles. The molecular weight excluding hydrogens is 372 g/mol. The number of rotatable bonds is 7. The topological polar surface area (TPSA) is 78.0 Å². The van der Waals surface area contributed by atoms with Crippen LogP contribution in [0.3, 0.4) is 0 Å². The minimum Gasteiger partial charge on any atom is -0.497 e. The number of hydrogen-bond donors (Lipinski definition) is 0. The molecule has 2 rings (SSSR count). The second kappa shape index (κ2) is 9.91. The van der Waals surface area contributed by atoms with Gasteiger partial charge in [0.2, 0.25) is 0 Å². The molecule has 1 aromatic carbocycles. The summed E-state index contributed by atoms with van der Waals surface area (Å²) in [5.41, 5.74) is 0.699. The third-order valence-electron chi connectivity index (χ3n) is 3.98. The van der Waals surface area contributed by atoms with E-state index in [2.05, 4.69) is 4.98 Å². The highest BCUT2D eigenvalue weighted by Gasteiger charge is 2.35. The van der Waals surface area contributed by atoms with Crippen molar-refractivity contribution in [2.45, 2.75) is 45.9 Å². The largest absolute Gasteiger partial charge is 0.497 e. The van der Waals surface area contributed by atoms with Crippen LogP contribution in [0.2, 0.25) is 0 Å². The summed E-state index contributed by atoms with van der Waals surface area (Å²) in [4.78, 5) is 31.3. The number of hydrogen-bond acceptors (Lipinski definition) is 6. The number of carbonyl (C=O) groups is 2. The van der Waals surface area contributed by atoms with E-state index in [1.807, 2.05) is 12.1 Å². The Balaban J connectivity index is 2.45. The molecule has 29 heavy (non-hydrogen) atoms. The van der Waals surface area contributed by atoms with E-state index in [4.69, 9.17) is 14.2 Å². The standard InChI is InChI=1S/C22H28N2O5/c1-6-28-20(25)19(17-11-13-23-14-12-17)24(21(26)29-22(2,3)4)15-16-7-9-18(27-5)10-8-16/h7-14,19H,6,15H2,1-5H3. The summed E-state index contributed by atoms with van der Waals surface area (Å²) in [6.45, 7) is 7.42. The average Bonchev–Trinajstić information content (AvgIpc) is 2.68. The Morgan fingerprint density at radius 1 is 1.07 bits per heavy atom. The first-order chi connectivity index (χ1) is 13.7. The van der Waals surface area contributed by atoms with E-state index in [9.17, 15) is 9.59 Å². The number of esters is 1. The van der Waals surface area contributed by atoms with Crippen LogP contribution in [0.1, 0.15) is 44.9 Å².